The minimum atomic E-state index is -0.105. The molecule has 1 heterocycles. The van der Waals surface area contributed by atoms with Crippen LogP contribution in [0.1, 0.15) is 23.7 Å². The quantitative estimate of drug-likeness (QED) is 0.562. The van der Waals surface area contributed by atoms with E-state index >= 15 is 0 Å². The van der Waals surface area contributed by atoms with Gasteiger partial charge in [0.2, 0.25) is 0 Å². The van der Waals surface area contributed by atoms with Crippen molar-refractivity contribution in [1.29, 1.82) is 0 Å². The van der Waals surface area contributed by atoms with E-state index in [1.165, 1.54) is 5.56 Å². The Balaban J connectivity index is 1.81. The average molecular weight is 361 g/mol. The summed E-state index contributed by atoms with van der Waals surface area (Å²) in [5.74, 6) is 0.636. The molecule has 0 aliphatic carbocycles. The highest BCUT2D eigenvalue weighted by Gasteiger charge is 2.15. The summed E-state index contributed by atoms with van der Waals surface area (Å²) in [7, 11) is 0. The number of hydrogen-bond donors (Lipinski definition) is 0. The molecule has 0 radical (unpaired) electrons. The summed E-state index contributed by atoms with van der Waals surface area (Å²) in [5.41, 5.74) is 2.34. The second-order valence-electron chi connectivity index (χ2n) is 5.68. The van der Waals surface area contributed by atoms with Crippen molar-refractivity contribution < 1.29 is 4.74 Å². The van der Waals surface area contributed by atoms with Crippen LogP contribution >= 0.6 is 23.2 Å². The molecule has 0 spiro atoms. The van der Waals surface area contributed by atoms with Crippen LogP contribution in [-0.4, -0.2) is 9.55 Å². The van der Waals surface area contributed by atoms with Gasteiger partial charge in [0.05, 0.1) is 11.3 Å². The Labute approximate surface area is 151 Å². The normalized spacial score (nSPS) is 12.1. The molecule has 3 aromatic rings. The minimum absolute atomic E-state index is 0.105. The van der Waals surface area contributed by atoms with Crippen molar-refractivity contribution in [3.05, 3.63) is 82.4 Å². The van der Waals surface area contributed by atoms with Gasteiger partial charge in [-0.25, -0.2) is 4.98 Å². The molecule has 24 heavy (non-hydrogen) atoms. The van der Waals surface area contributed by atoms with Crippen LogP contribution in [-0.2, 0) is 6.54 Å². The zero-order valence-electron chi connectivity index (χ0n) is 13.3. The van der Waals surface area contributed by atoms with E-state index in [9.17, 15) is 0 Å². The lowest BCUT2D eigenvalue weighted by atomic mass is 10.0. The Morgan fingerprint density at radius 1 is 1.12 bits per heavy atom. The molecule has 0 saturated heterocycles. The number of benzene rings is 2. The summed E-state index contributed by atoms with van der Waals surface area (Å²) in [6.07, 6.45) is 6.23. The first-order chi connectivity index (χ1) is 11.6. The number of hydrogen-bond acceptors (Lipinski definition) is 2. The Morgan fingerprint density at radius 3 is 2.58 bits per heavy atom. The summed E-state index contributed by atoms with van der Waals surface area (Å²) in [5, 5.41) is 1.11. The van der Waals surface area contributed by atoms with Crippen molar-refractivity contribution in [2.45, 2.75) is 26.0 Å². The fourth-order valence-corrected chi connectivity index (χ4v) is 2.94. The van der Waals surface area contributed by atoms with Crippen LogP contribution in [0.15, 0.2) is 61.2 Å². The molecule has 1 atom stereocenters. The number of aryl methyl sites for hydroxylation is 2. The zero-order chi connectivity index (χ0) is 16.9. The first-order valence-corrected chi connectivity index (χ1v) is 8.51. The molecule has 3 rings (SSSR count). The standard InChI is InChI=1S/C19H18Cl2N2O/c1-14-2-4-15(5-3-14)18(8-10-23-11-9-22-13-23)24-19-7-6-16(20)12-17(19)21/h2-7,9,11-13,18H,8,10H2,1H3/t18-/m1/s1. The lowest BCUT2D eigenvalue weighted by Crippen LogP contribution is -2.11. The summed E-state index contributed by atoms with van der Waals surface area (Å²) in [6.45, 7) is 2.88. The second kappa shape index (κ2) is 7.73. The first kappa shape index (κ1) is 16.9. The van der Waals surface area contributed by atoms with Gasteiger partial charge in [0, 0.05) is 30.4 Å². The fraction of sp³-hybridized carbons (Fsp3) is 0.211. The van der Waals surface area contributed by atoms with Crippen molar-refractivity contribution in [2.75, 3.05) is 0 Å². The predicted molar refractivity (Wildman–Crippen MR) is 97.9 cm³/mol. The van der Waals surface area contributed by atoms with Gasteiger partial charge in [0.25, 0.3) is 0 Å². The Hall–Kier alpha value is -1.97. The van der Waals surface area contributed by atoms with E-state index in [4.69, 9.17) is 27.9 Å². The maximum atomic E-state index is 6.26. The molecule has 0 aliphatic rings. The molecule has 2 aromatic carbocycles. The molecular formula is C19H18Cl2N2O. The second-order valence-corrected chi connectivity index (χ2v) is 6.52. The highest BCUT2D eigenvalue weighted by molar-refractivity contribution is 6.35. The largest absolute Gasteiger partial charge is 0.484 e. The minimum Gasteiger partial charge on any atom is -0.484 e. The van der Waals surface area contributed by atoms with Gasteiger partial charge in [-0.1, -0.05) is 53.0 Å². The van der Waals surface area contributed by atoms with Gasteiger partial charge in [-0.05, 0) is 30.7 Å². The maximum Gasteiger partial charge on any atom is 0.138 e. The van der Waals surface area contributed by atoms with E-state index in [0.717, 1.165) is 18.5 Å². The van der Waals surface area contributed by atoms with Crippen LogP contribution in [0, 0.1) is 6.92 Å². The van der Waals surface area contributed by atoms with Gasteiger partial charge in [0.15, 0.2) is 0 Å². The van der Waals surface area contributed by atoms with Gasteiger partial charge in [-0.2, -0.15) is 0 Å². The topological polar surface area (TPSA) is 27.1 Å². The summed E-state index contributed by atoms with van der Waals surface area (Å²) in [6, 6.07) is 13.7. The Bertz CT molecular complexity index is 786. The summed E-state index contributed by atoms with van der Waals surface area (Å²) in [4.78, 5) is 4.08. The molecular weight excluding hydrogens is 343 g/mol. The monoisotopic (exact) mass is 360 g/mol. The average Bonchev–Trinajstić information content (AvgIpc) is 3.08. The third-order valence-electron chi connectivity index (χ3n) is 3.82. The van der Waals surface area contributed by atoms with Crippen molar-refractivity contribution >= 4 is 23.2 Å². The molecule has 5 heteroatoms. The van der Waals surface area contributed by atoms with Gasteiger partial charge in [-0.3, -0.25) is 0 Å². The van der Waals surface area contributed by atoms with Crippen LogP contribution in [0.4, 0.5) is 0 Å². The highest BCUT2D eigenvalue weighted by Crippen LogP contribution is 2.33. The molecule has 3 nitrogen and oxygen atoms in total. The van der Waals surface area contributed by atoms with Crippen molar-refractivity contribution in [1.82, 2.24) is 9.55 Å². The molecule has 0 unspecified atom stereocenters. The van der Waals surface area contributed by atoms with E-state index in [2.05, 4.69) is 36.2 Å². The van der Waals surface area contributed by atoms with E-state index < -0.39 is 0 Å². The molecule has 0 bridgehead atoms. The molecule has 0 amide bonds. The number of rotatable bonds is 6. The number of halogens is 2. The van der Waals surface area contributed by atoms with Crippen molar-refractivity contribution in [3.8, 4) is 5.75 Å². The SMILES string of the molecule is Cc1ccc([C@@H](CCn2ccnc2)Oc2ccc(Cl)cc2Cl)cc1. The zero-order valence-corrected chi connectivity index (χ0v) is 14.8. The maximum absolute atomic E-state index is 6.26. The van der Waals surface area contributed by atoms with Crippen LogP contribution in [0.5, 0.6) is 5.75 Å². The third-order valence-corrected chi connectivity index (χ3v) is 4.35. The van der Waals surface area contributed by atoms with Crippen LogP contribution in [0.25, 0.3) is 0 Å². The lowest BCUT2D eigenvalue weighted by molar-refractivity contribution is 0.188. The van der Waals surface area contributed by atoms with Crippen LogP contribution in [0.2, 0.25) is 10.0 Å². The van der Waals surface area contributed by atoms with E-state index in [1.54, 1.807) is 18.3 Å². The summed E-state index contributed by atoms with van der Waals surface area (Å²) >= 11 is 12.2. The number of aromatic nitrogens is 2. The highest BCUT2D eigenvalue weighted by atomic mass is 35.5. The van der Waals surface area contributed by atoms with Crippen LogP contribution < -0.4 is 4.74 Å². The van der Waals surface area contributed by atoms with E-state index in [0.29, 0.717) is 15.8 Å². The van der Waals surface area contributed by atoms with Gasteiger partial charge in [0.1, 0.15) is 11.9 Å². The smallest absolute Gasteiger partial charge is 0.138 e. The lowest BCUT2D eigenvalue weighted by Gasteiger charge is -2.21. The molecule has 0 N–H and O–H groups in total. The molecule has 0 aliphatic heterocycles. The molecule has 124 valence electrons. The predicted octanol–water partition coefficient (Wildman–Crippen LogP) is 5.71. The Kier molecular flexibility index (Phi) is 5.44. The van der Waals surface area contributed by atoms with Crippen molar-refractivity contribution in [3.63, 3.8) is 0 Å². The number of nitrogens with zero attached hydrogens (tertiary/aromatic N) is 2. The number of imidazole rings is 1. The van der Waals surface area contributed by atoms with E-state index in [-0.39, 0.29) is 6.10 Å². The van der Waals surface area contributed by atoms with Gasteiger partial charge < -0.3 is 9.30 Å². The fourth-order valence-electron chi connectivity index (χ4n) is 2.48. The Morgan fingerprint density at radius 2 is 1.92 bits per heavy atom. The molecule has 0 fully saturated rings. The van der Waals surface area contributed by atoms with E-state index in [1.807, 2.05) is 23.2 Å². The van der Waals surface area contributed by atoms with Gasteiger partial charge in [-0.15, -0.1) is 0 Å². The van der Waals surface area contributed by atoms with Crippen molar-refractivity contribution in [2.24, 2.45) is 0 Å². The summed E-state index contributed by atoms with van der Waals surface area (Å²) < 4.78 is 8.24. The first-order valence-electron chi connectivity index (χ1n) is 7.76. The van der Waals surface area contributed by atoms with Crippen LogP contribution in [0.3, 0.4) is 0 Å². The molecule has 1 aromatic heterocycles. The van der Waals surface area contributed by atoms with Gasteiger partial charge >= 0.3 is 0 Å². The number of ether oxygens (including phenoxy) is 1. The third kappa shape index (κ3) is 4.31. The molecule has 0 saturated carbocycles.